The molecule has 0 fully saturated rings. The number of halogens is 1. The maximum absolute atomic E-state index is 12.0. The largest absolute Gasteiger partial charge is 0.399 e. The molecule has 106 valence electrons. The molecule has 0 aliphatic rings. The lowest BCUT2D eigenvalue weighted by Crippen LogP contribution is -2.09. The van der Waals surface area contributed by atoms with Crippen LogP contribution in [0.3, 0.4) is 0 Å². The number of H-pyrrole nitrogens is 1. The number of nitrogens with two attached hydrogens (primary N) is 1. The first-order valence-electron chi connectivity index (χ1n) is 6.28. The van der Waals surface area contributed by atoms with Gasteiger partial charge in [0.1, 0.15) is 0 Å². The van der Waals surface area contributed by atoms with Crippen LogP contribution in [0.4, 0.5) is 5.69 Å². The molecule has 3 aromatic rings. The van der Waals surface area contributed by atoms with Gasteiger partial charge in [-0.05, 0) is 35.9 Å². The average Bonchev–Trinajstić information content (AvgIpc) is 2.47. The highest BCUT2D eigenvalue weighted by Crippen LogP contribution is 2.21. The molecule has 21 heavy (non-hydrogen) atoms. The van der Waals surface area contributed by atoms with Crippen molar-refractivity contribution in [1.82, 2.24) is 9.97 Å². The molecule has 3 rings (SSSR count). The molecule has 0 spiro atoms. The smallest absolute Gasteiger partial charge is 0.259 e. The zero-order valence-electron chi connectivity index (χ0n) is 11.0. The molecule has 0 unspecified atom stereocenters. The van der Waals surface area contributed by atoms with Crippen molar-refractivity contribution >= 4 is 40.0 Å². The molecular formula is C15H12ClN3OS. The Bertz CT molecular complexity index is 846. The van der Waals surface area contributed by atoms with Crippen LogP contribution in [-0.4, -0.2) is 9.97 Å². The number of benzene rings is 2. The van der Waals surface area contributed by atoms with E-state index in [1.807, 2.05) is 24.3 Å². The molecule has 2 aromatic carbocycles. The van der Waals surface area contributed by atoms with E-state index in [9.17, 15) is 4.79 Å². The van der Waals surface area contributed by atoms with Gasteiger partial charge in [-0.25, -0.2) is 4.98 Å². The Morgan fingerprint density at radius 3 is 2.71 bits per heavy atom. The van der Waals surface area contributed by atoms with Gasteiger partial charge in [0.2, 0.25) is 0 Å². The first-order chi connectivity index (χ1) is 10.1. The molecule has 0 radical (unpaired) electrons. The molecule has 4 nitrogen and oxygen atoms in total. The van der Waals surface area contributed by atoms with Crippen molar-refractivity contribution in [3.8, 4) is 0 Å². The van der Waals surface area contributed by atoms with Crippen molar-refractivity contribution in [2.45, 2.75) is 10.9 Å². The molecule has 0 atom stereocenters. The van der Waals surface area contributed by atoms with Crippen molar-refractivity contribution in [1.29, 1.82) is 0 Å². The molecule has 1 heterocycles. The Labute approximate surface area is 130 Å². The van der Waals surface area contributed by atoms with Crippen molar-refractivity contribution in [2.75, 3.05) is 5.73 Å². The predicted octanol–water partition coefficient (Wildman–Crippen LogP) is 3.45. The van der Waals surface area contributed by atoms with Crippen LogP contribution in [0.15, 0.2) is 52.4 Å². The number of fused-ring (bicyclic) bond motifs is 1. The van der Waals surface area contributed by atoms with Crippen LogP contribution in [0.5, 0.6) is 0 Å². The van der Waals surface area contributed by atoms with E-state index >= 15 is 0 Å². The minimum absolute atomic E-state index is 0.175. The SMILES string of the molecule is Nc1ccc2nc(SCc3ccc(Cl)cc3)[nH]c(=O)c2c1. The maximum Gasteiger partial charge on any atom is 0.259 e. The van der Waals surface area contributed by atoms with E-state index in [2.05, 4.69) is 9.97 Å². The quantitative estimate of drug-likeness (QED) is 0.441. The Morgan fingerprint density at radius 2 is 1.95 bits per heavy atom. The number of thioether (sulfide) groups is 1. The molecule has 0 saturated carbocycles. The Morgan fingerprint density at radius 1 is 1.19 bits per heavy atom. The molecule has 0 bridgehead atoms. The summed E-state index contributed by atoms with van der Waals surface area (Å²) in [5, 5.41) is 1.80. The number of nitrogens with one attached hydrogen (secondary N) is 1. The number of aromatic nitrogens is 2. The molecule has 0 aliphatic heterocycles. The highest BCUT2D eigenvalue weighted by Gasteiger charge is 2.05. The van der Waals surface area contributed by atoms with Crippen LogP contribution >= 0.6 is 23.4 Å². The van der Waals surface area contributed by atoms with Gasteiger partial charge in [0.25, 0.3) is 5.56 Å². The van der Waals surface area contributed by atoms with Crippen LogP contribution in [0.25, 0.3) is 10.9 Å². The fourth-order valence-corrected chi connectivity index (χ4v) is 2.89. The number of nitrogen functional groups attached to an aromatic ring is 1. The fourth-order valence-electron chi connectivity index (χ4n) is 1.94. The van der Waals surface area contributed by atoms with Gasteiger partial charge in [0.05, 0.1) is 10.9 Å². The van der Waals surface area contributed by atoms with Gasteiger partial charge >= 0.3 is 0 Å². The number of anilines is 1. The second kappa shape index (κ2) is 5.79. The van der Waals surface area contributed by atoms with E-state index in [4.69, 9.17) is 17.3 Å². The zero-order valence-corrected chi connectivity index (χ0v) is 12.5. The van der Waals surface area contributed by atoms with Gasteiger partial charge in [-0.15, -0.1) is 0 Å². The summed E-state index contributed by atoms with van der Waals surface area (Å²) in [4.78, 5) is 19.2. The highest BCUT2D eigenvalue weighted by molar-refractivity contribution is 7.98. The molecular weight excluding hydrogens is 306 g/mol. The minimum Gasteiger partial charge on any atom is -0.399 e. The summed E-state index contributed by atoms with van der Waals surface area (Å²) in [6, 6.07) is 12.7. The van der Waals surface area contributed by atoms with E-state index in [1.54, 1.807) is 18.2 Å². The molecule has 0 aliphatic carbocycles. The first-order valence-corrected chi connectivity index (χ1v) is 7.65. The Balaban J connectivity index is 1.86. The number of rotatable bonds is 3. The summed E-state index contributed by atoms with van der Waals surface area (Å²) >= 11 is 7.32. The molecule has 1 aromatic heterocycles. The molecule has 3 N–H and O–H groups in total. The van der Waals surface area contributed by atoms with Gasteiger partial charge < -0.3 is 10.7 Å². The summed E-state index contributed by atoms with van der Waals surface area (Å²) in [5.41, 5.74) is 7.82. The average molecular weight is 318 g/mol. The van der Waals surface area contributed by atoms with E-state index < -0.39 is 0 Å². The third kappa shape index (κ3) is 3.20. The highest BCUT2D eigenvalue weighted by atomic mass is 35.5. The summed E-state index contributed by atoms with van der Waals surface area (Å²) in [6.07, 6.45) is 0. The van der Waals surface area contributed by atoms with Crippen molar-refractivity contribution in [2.24, 2.45) is 0 Å². The summed E-state index contributed by atoms with van der Waals surface area (Å²) in [5.74, 6) is 0.709. The minimum atomic E-state index is -0.175. The second-order valence-electron chi connectivity index (χ2n) is 4.56. The predicted molar refractivity (Wildman–Crippen MR) is 87.8 cm³/mol. The third-order valence-electron chi connectivity index (χ3n) is 3.00. The maximum atomic E-state index is 12.0. The normalized spacial score (nSPS) is 10.9. The fraction of sp³-hybridized carbons (Fsp3) is 0.0667. The van der Waals surface area contributed by atoms with Crippen LogP contribution in [0.2, 0.25) is 5.02 Å². The molecule has 6 heteroatoms. The number of nitrogens with zero attached hydrogens (tertiary/aromatic N) is 1. The van der Waals surface area contributed by atoms with Crippen molar-refractivity contribution in [3.63, 3.8) is 0 Å². The summed E-state index contributed by atoms with van der Waals surface area (Å²) < 4.78 is 0. The van der Waals surface area contributed by atoms with E-state index in [0.717, 1.165) is 5.56 Å². The monoisotopic (exact) mass is 317 g/mol. The van der Waals surface area contributed by atoms with Crippen LogP contribution in [0, 0.1) is 0 Å². The molecule has 0 amide bonds. The topological polar surface area (TPSA) is 71.8 Å². The van der Waals surface area contributed by atoms with Crippen molar-refractivity contribution in [3.05, 3.63) is 63.4 Å². The van der Waals surface area contributed by atoms with Gasteiger partial charge in [0.15, 0.2) is 5.16 Å². The van der Waals surface area contributed by atoms with Crippen molar-refractivity contribution < 1.29 is 0 Å². The van der Waals surface area contributed by atoms with Gasteiger partial charge in [0, 0.05) is 16.5 Å². The Kier molecular flexibility index (Phi) is 3.86. The summed E-state index contributed by atoms with van der Waals surface area (Å²) in [6.45, 7) is 0. The van der Waals surface area contributed by atoms with E-state index in [1.165, 1.54) is 11.8 Å². The Hall–Kier alpha value is -1.98. The standard InChI is InChI=1S/C15H12ClN3OS/c16-10-3-1-9(2-4-10)8-21-15-18-13-6-5-11(17)7-12(13)14(20)19-15/h1-7H,8,17H2,(H,18,19,20). The lowest BCUT2D eigenvalue weighted by atomic mass is 10.2. The zero-order chi connectivity index (χ0) is 14.8. The lowest BCUT2D eigenvalue weighted by Gasteiger charge is -2.04. The second-order valence-corrected chi connectivity index (χ2v) is 5.96. The van der Waals surface area contributed by atoms with E-state index in [-0.39, 0.29) is 5.56 Å². The van der Waals surface area contributed by atoms with Gasteiger partial charge in [-0.1, -0.05) is 35.5 Å². The number of hydrogen-bond acceptors (Lipinski definition) is 4. The van der Waals surface area contributed by atoms with Crippen LogP contribution < -0.4 is 11.3 Å². The number of hydrogen-bond donors (Lipinski definition) is 2. The van der Waals surface area contributed by atoms with Crippen LogP contribution in [0.1, 0.15) is 5.56 Å². The summed E-state index contributed by atoms with van der Waals surface area (Å²) in [7, 11) is 0. The van der Waals surface area contributed by atoms with Gasteiger partial charge in [-0.2, -0.15) is 0 Å². The van der Waals surface area contributed by atoms with E-state index in [0.29, 0.717) is 32.5 Å². The first kappa shape index (κ1) is 14.0. The lowest BCUT2D eigenvalue weighted by molar-refractivity contribution is 0.974. The van der Waals surface area contributed by atoms with Crippen LogP contribution in [-0.2, 0) is 5.75 Å². The van der Waals surface area contributed by atoms with Gasteiger partial charge in [-0.3, -0.25) is 4.79 Å². The number of aromatic amines is 1. The third-order valence-corrected chi connectivity index (χ3v) is 4.19. The molecule has 0 saturated heterocycles.